The molecule has 0 aliphatic carbocycles. The van der Waals surface area contributed by atoms with E-state index in [1.807, 2.05) is 32.2 Å². The molecule has 0 saturated carbocycles. The number of nitrogens with zero attached hydrogens (tertiary/aromatic N) is 1. The largest absolute Gasteiger partial charge is 0.370 e. The van der Waals surface area contributed by atoms with E-state index in [9.17, 15) is 4.79 Å². The maximum atomic E-state index is 12.0. The van der Waals surface area contributed by atoms with Crippen molar-refractivity contribution in [1.82, 2.24) is 10.6 Å². The first-order valence-electron chi connectivity index (χ1n) is 6.90. The summed E-state index contributed by atoms with van der Waals surface area (Å²) in [6.45, 7) is 4.43. The molecule has 0 aromatic heterocycles. The van der Waals surface area contributed by atoms with Crippen LogP contribution in [-0.4, -0.2) is 33.1 Å². The smallest absolute Gasteiger partial charge is 0.227 e. The summed E-state index contributed by atoms with van der Waals surface area (Å²) in [5.74, 6) is 0.115. The number of halogens is 1. The fourth-order valence-corrected chi connectivity index (χ4v) is 3.04. The van der Waals surface area contributed by atoms with Crippen LogP contribution in [0.15, 0.2) is 18.2 Å². The van der Waals surface area contributed by atoms with Crippen molar-refractivity contribution in [3.8, 4) is 0 Å². The van der Waals surface area contributed by atoms with Crippen molar-refractivity contribution < 1.29 is 4.79 Å². The third-order valence-corrected chi connectivity index (χ3v) is 4.23. The number of benzene rings is 1. The summed E-state index contributed by atoms with van der Waals surface area (Å²) in [5.41, 5.74) is 2.02. The molecular formula is C15H22ClN3O. The SMILES string of the molecule is CNCc1cc(Cl)ccc1N1CCC(C)(C(=O)NC)C1. The van der Waals surface area contributed by atoms with Crippen LogP contribution in [0.4, 0.5) is 5.69 Å². The molecule has 0 radical (unpaired) electrons. The van der Waals surface area contributed by atoms with Crippen molar-refractivity contribution >= 4 is 23.2 Å². The van der Waals surface area contributed by atoms with Gasteiger partial charge in [-0.1, -0.05) is 11.6 Å². The predicted molar refractivity (Wildman–Crippen MR) is 83.2 cm³/mol. The average molecular weight is 296 g/mol. The lowest BCUT2D eigenvalue weighted by Crippen LogP contribution is -2.39. The molecule has 2 N–H and O–H groups in total. The minimum Gasteiger partial charge on any atom is -0.370 e. The van der Waals surface area contributed by atoms with Gasteiger partial charge in [0.2, 0.25) is 5.91 Å². The normalized spacial score (nSPS) is 22.1. The van der Waals surface area contributed by atoms with Crippen molar-refractivity contribution in [2.45, 2.75) is 19.9 Å². The van der Waals surface area contributed by atoms with Crippen LogP contribution in [0, 0.1) is 5.41 Å². The quantitative estimate of drug-likeness (QED) is 0.893. The second-order valence-corrected chi connectivity index (χ2v) is 6.05. The Morgan fingerprint density at radius 1 is 1.45 bits per heavy atom. The lowest BCUT2D eigenvalue weighted by atomic mass is 9.89. The maximum Gasteiger partial charge on any atom is 0.227 e. The summed E-state index contributed by atoms with van der Waals surface area (Å²) in [6, 6.07) is 5.94. The number of nitrogens with one attached hydrogen (secondary N) is 2. The Bertz CT molecular complexity index is 506. The van der Waals surface area contributed by atoms with Gasteiger partial charge in [0.05, 0.1) is 5.41 Å². The number of carbonyl (C=O) groups excluding carboxylic acids is 1. The molecule has 4 nitrogen and oxygen atoms in total. The van der Waals surface area contributed by atoms with Crippen molar-refractivity contribution in [2.24, 2.45) is 5.41 Å². The molecule has 1 fully saturated rings. The van der Waals surface area contributed by atoms with Crippen molar-refractivity contribution in [3.05, 3.63) is 28.8 Å². The summed E-state index contributed by atoms with van der Waals surface area (Å²) in [4.78, 5) is 14.3. The molecule has 5 heteroatoms. The molecule has 2 rings (SSSR count). The second-order valence-electron chi connectivity index (χ2n) is 5.61. The van der Waals surface area contributed by atoms with E-state index in [1.54, 1.807) is 7.05 Å². The molecule has 0 spiro atoms. The molecule has 0 bridgehead atoms. The third-order valence-electron chi connectivity index (χ3n) is 4.00. The van der Waals surface area contributed by atoms with E-state index in [4.69, 9.17) is 11.6 Å². The van der Waals surface area contributed by atoms with E-state index in [0.29, 0.717) is 0 Å². The third kappa shape index (κ3) is 2.91. The molecule has 1 aromatic carbocycles. The van der Waals surface area contributed by atoms with Crippen LogP contribution in [-0.2, 0) is 11.3 Å². The summed E-state index contributed by atoms with van der Waals surface area (Å²) in [7, 11) is 3.62. The number of anilines is 1. The van der Waals surface area contributed by atoms with Gasteiger partial charge in [0.1, 0.15) is 0 Å². The summed E-state index contributed by atoms with van der Waals surface area (Å²) >= 11 is 6.08. The Hall–Kier alpha value is -1.26. The van der Waals surface area contributed by atoms with Gasteiger partial charge in [0.15, 0.2) is 0 Å². The zero-order valence-corrected chi connectivity index (χ0v) is 13.0. The van der Waals surface area contributed by atoms with Crippen LogP contribution in [0.1, 0.15) is 18.9 Å². The summed E-state index contributed by atoms with van der Waals surface area (Å²) < 4.78 is 0. The first-order valence-corrected chi connectivity index (χ1v) is 7.28. The van der Waals surface area contributed by atoms with E-state index in [1.165, 1.54) is 5.56 Å². The molecule has 110 valence electrons. The van der Waals surface area contributed by atoms with Gasteiger partial charge in [-0.2, -0.15) is 0 Å². The number of hydrogen-bond acceptors (Lipinski definition) is 3. The molecule has 20 heavy (non-hydrogen) atoms. The maximum absolute atomic E-state index is 12.0. The minimum absolute atomic E-state index is 0.115. The number of amides is 1. The van der Waals surface area contributed by atoms with Gasteiger partial charge in [-0.25, -0.2) is 0 Å². The van der Waals surface area contributed by atoms with Crippen LogP contribution >= 0.6 is 11.6 Å². The first kappa shape index (κ1) is 15.1. The highest BCUT2D eigenvalue weighted by molar-refractivity contribution is 6.30. The van der Waals surface area contributed by atoms with E-state index < -0.39 is 0 Å². The molecule has 1 atom stereocenters. The topological polar surface area (TPSA) is 44.4 Å². The number of carbonyl (C=O) groups is 1. The predicted octanol–water partition coefficient (Wildman–Crippen LogP) is 2.02. The fourth-order valence-electron chi connectivity index (χ4n) is 2.85. The Kier molecular flexibility index (Phi) is 4.55. The van der Waals surface area contributed by atoms with Crippen LogP contribution in [0.3, 0.4) is 0 Å². The van der Waals surface area contributed by atoms with Gasteiger partial charge in [-0.15, -0.1) is 0 Å². The van der Waals surface area contributed by atoms with Crippen molar-refractivity contribution in [3.63, 3.8) is 0 Å². The van der Waals surface area contributed by atoms with Gasteiger partial charge >= 0.3 is 0 Å². The van der Waals surface area contributed by atoms with Crippen LogP contribution in [0.2, 0.25) is 5.02 Å². The molecule has 1 aliphatic rings. The Morgan fingerprint density at radius 3 is 2.85 bits per heavy atom. The molecular weight excluding hydrogens is 274 g/mol. The molecule has 1 aromatic rings. The Balaban J connectivity index is 2.24. The summed E-state index contributed by atoms with van der Waals surface area (Å²) in [6.07, 6.45) is 0.869. The molecule has 1 aliphatic heterocycles. The van der Waals surface area contributed by atoms with E-state index in [0.717, 1.165) is 36.8 Å². The monoisotopic (exact) mass is 295 g/mol. The van der Waals surface area contributed by atoms with Crippen molar-refractivity contribution in [2.75, 3.05) is 32.1 Å². The molecule has 1 saturated heterocycles. The Labute approximate surface area is 125 Å². The first-order chi connectivity index (χ1) is 9.50. The van der Waals surface area contributed by atoms with Crippen LogP contribution in [0.5, 0.6) is 0 Å². The van der Waals surface area contributed by atoms with Gasteiger partial charge in [0.25, 0.3) is 0 Å². The lowest BCUT2D eigenvalue weighted by Gasteiger charge is -2.25. The van der Waals surface area contributed by atoms with Gasteiger partial charge in [-0.3, -0.25) is 4.79 Å². The van der Waals surface area contributed by atoms with E-state index >= 15 is 0 Å². The molecule has 1 amide bonds. The van der Waals surface area contributed by atoms with E-state index in [2.05, 4.69) is 15.5 Å². The number of hydrogen-bond donors (Lipinski definition) is 2. The van der Waals surface area contributed by atoms with Crippen LogP contribution < -0.4 is 15.5 Å². The fraction of sp³-hybridized carbons (Fsp3) is 0.533. The standard InChI is InChI=1S/C15H22ClN3O/c1-15(14(20)18-3)6-7-19(10-15)13-5-4-12(16)8-11(13)9-17-2/h4-5,8,17H,6-7,9-10H2,1-3H3,(H,18,20). The lowest BCUT2D eigenvalue weighted by molar-refractivity contribution is -0.128. The highest BCUT2D eigenvalue weighted by Crippen LogP contribution is 2.35. The highest BCUT2D eigenvalue weighted by atomic mass is 35.5. The molecule has 1 unspecified atom stereocenters. The van der Waals surface area contributed by atoms with Crippen LogP contribution in [0.25, 0.3) is 0 Å². The highest BCUT2D eigenvalue weighted by Gasteiger charge is 2.40. The molecule has 1 heterocycles. The van der Waals surface area contributed by atoms with E-state index in [-0.39, 0.29) is 11.3 Å². The average Bonchev–Trinajstić information content (AvgIpc) is 2.82. The summed E-state index contributed by atoms with van der Waals surface area (Å²) in [5, 5.41) is 6.68. The zero-order valence-electron chi connectivity index (χ0n) is 12.3. The van der Waals surface area contributed by atoms with Gasteiger partial charge in [-0.05, 0) is 44.2 Å². The van der Waals surface area contributed by atoms with Gasteiger partial charge < -0.3 is 15.5 Å². The van der Waals surface area contributed by atoms with Crippen molar-refractivity contribution in [1.29, 1.82) is 0 Å². The Morgan fingerprint density at radius 2 is 2.20 bits per heavy atom. The van der Waals surface area contributed by atoms with Gasteiger partial charge in [0, 0.05) is 37.4 Å². The zero-order chi connectivity index (χ0) is 14.8. The second kappa shape index (κ2) is 6.02. The number of rotatable bonds is 4. The minimum atomic E-state index is -0.314.